The number of aliphatic carboxylic acids is 1. The highest BCUT2D eigenvalue weighted by Crippen LogP contribution is 2.33. The molecule has 1 aromatic heterocycles. The lowest BCUT2D eigenvalue weighted by Crippen LogP contribution is -2.34. The third-order valence-electron chi connectivity index (χ3n) is 2.99. The Kier molecular flexibility index (Phi) is 3.64. The van der Waals surface area contributed by atoms with Crippen LogP contribution in [0.1, 0.15) is 38.6 Å². The maximum absolute atomic E-state index is 12.1. The molecule has 18 heavy (non-hydrogen) atoms. The lowest BCUT2D eigenvalue weighted by Gasteiger charge is -2.14. The Bertz CT molecular complexity index is 494. The third kappa shape index (κ3) is 2.69. The van der Waals surface area contributed by atoms with Crippen LogP contribution in [-0.2, 0) is 4.79 Å². The van der Waals surface area contributed by atoms with Gasteiger partial charge in [0.1, 0.15) is 6.04 Å². The zero-order valence-corrected chi connectivity index (χ0v) is 10.3. The van der Waals surface area contributed by atoms with Crippen molar-refractivity contribution in [2.75, 3.05) is 5.32 Å². The minimum absolute atomic E-state index is 0.130. The van der Waals surface area contributed by atoms with E-state index in [0.29, 0.717) is 6.42 Å². The SMILES string of the molecule is CCCC(Nc1nccn(C2CC2)c1=O)C(=O)O. The summed E-state index contributed by atoms with van der Waals surface area (Å²) < 4.78 is 1.63. The fourth-order valence-corrected chi connectivity index (χ4v) is 1.88. The number of nitrogens with zero attached hydrogens (tertiary/aromatic N) is 2. The first-order valence-electron chi connectivity index (χ1n) is 6.20. The summed E-state index contributed by atoms with van der Waals surface area (Å²) in [7, 11) is 0. The minimum Gasteiger partial charge on any atom is -0.480 e. The van der Waals surface area contributed by atoms with Gasteiger partial charge in [-0.05, 0) is 19.3 Å². The summed E-state index contributed by atoms with van der Waals surface area (Å²) >= 11 is 0. The summed E-state index contributed by atoms with van der Waals surface area (Å²) in [5.41, 5.74) is -0.234. The van der Waals surface area contributed by atoms with Gasteiger partial charge in [0.25, 0.3) is 5.56 Å². The molecule has 6 nitrogen and oxygen atoms in total. The van der Waals surface area contributed by atoms with Crippen molar-refractivity contribution < 1.29 is 9.90 Å². The number of aromatic nitrogens is 2. The second-order valence-corrected chi connectivity index (χ2v) is 4.54. The average molecular weight is 251 g/mol. The summed E-state index contributed by atoms with van der Waals surface area (Å²) in [6.45, 7) is 1.90. The Hall–Kier alpha value is -1.85. The molecule has 0 bridgehead atoms. The zero-order valence-electron chi connectivity index (χ0n) is 10.3. The fraction of sp³-hybridized carbons (Fsp3) is 0.583. The monoisotopic (exact) mass is 251 g/mol. The smallest absolute Gasteiger partial charge is 0.326 e. The number of hydrogen-bond donors (Lipinski definition) is 2. The van der Waals surface area contributed by atoms with Gasteiger partial charge in [-0.2, -0.15) is 0 Å². The average Bonchev–Trinajstić information content (AvgIpc) is 3.15. The molecule has 1 aliphatic carbocycles. The van der Waals surface area contributed by atoms with Crippen molar-refractivity contribution in [3.63, 3.8) is 0 Å². The fourth-order valence-electron chi connectivity index (χ4n) is 1.88. The Morgan fingerprint density at radius 2 is 2.39 bits per heavy atom. The third-order valence-corrected chi connectivity index (χ3v) is 2.99. The molecule has 1 atom stereocenters. The Morgan fingerprint density at radius 1 is 1.67 bits per heavy atom. The summed E-state index contributed by atoms with van der Waals surface area (Å²) in [4.78, 5) is 27.0. The molecule has 98 valence electrons. The topological polar surface area (TPSA) is 84.2 Å². The molecule has 2 N–H and O–H groups in total. The second-order valence-electron chi connectivity index (χ2n) is 4.54. The Balaban J connectivity index is 2.20. The molecule has 6 heteroatoms. The number of carbonyl (C=O) groups is 1. The molecular formula is C12H17N3O3. The van der Waals surface area contributed by atoms with Gasteiger partial charge in [-0.25, -0.2) is 9.78 Å². The molecule has 2 rings (SSSR count). The Morgan fingerprint density at radius 3 is 2.94 bits per heavy atom. The van der Waals surface area contributed by atoms with Crippen LogP contribution in [0, 0.1) is 0 Å². The molecule has 0 spiro atoms. The summed E-state index contributed by atoms with van der Waals surface area (Å²) in [6.07, 6.45) is 6.39. The van der Waals surface area contributed by atoms with E-state index in [1.165, 1.54) is 6.20 Å². The van der Waals surface area contributed by atoms with E-state index >= 15 is 0 Å². The van der Waals surface area contributed by atoms with Crippen LogP contribution in [0.3, 0.4) is 0 Å². The first kappa shape index (κ1) is 12.6. The number of nitrogens with one attached hydrogen (secondary N) is 1. The van der Waals surface area contributed by atoms with Gasteiger partial charge in [-0.1, -0.05) is 13.3 Å². The van der Waals surface area contributed by atoms with Gasteiger partial charge in [-0.3, -0.25) is 4.79 Å². The maximum Gasteiger partial charge on any atom is 0.326 e. The number of carboxylic acids is 1. The van der Waals surface area contributed by atoms with E-state index in [-0.39, 0.29) is 17.4 Å². The number of hydrogen-bond acceptors (Lipinski definition) is 4. The molecule has 1 unspecified atom stereocenters. The lowest BCUT2D eigenvalue weighted by molar-refractivity contribution is -0.138. The molecule has 1 fully saturated rings. The van der Waals surface area contributed by atoms with E-state index < -0.39 is 12.0 Å². The maximum atomic E-state index is 12.1. The largest absolute Gasteiger partial charge is 0.480 e. The molecule has 0 aliphatic heterocycles. The van der Waals surface area contributed by atoms with Gasteiger partial charge in [0.05, 0.1) is 0 Å². The first-order chi connectivity index (χ1) is 8.63. The van der Waals surface area contributed by atoms with Gasteiger partial charge in [0, 0.05) is 18.4 Å². The van der Waals surface area contributed by atoms with Crippen molar-refractivity contribution in [1.29, 1.82) is 0 Å². The van der Waals surface area contributed by atoms with Crippen LogP contribution in [0.2, 0.25) is 0 Å². The number of anilines is 1. The normalized spacial score (nSPS) is 16.3. The van der Waals surface area contributed by atoms with Crippen LogP contribution < -0.4 is 10.9 Å². The predicted octanol–water partition coefficient (Wildman–Crippen LogP) is 1.24. The van der Waals surface area contributed by atoms with Crippen LogP contribution in [0.5, 0.6) is 0 Å². The number of carboxylic acid groups (broad SMARTS) is 1. The van der Waals surface area contributed by atoms with Gasteiger partial charge in [0.2, 0.25) is 0 Å². The van der Waals surface area contributed by atoms with E-state index in [1.807, 2.05) is 6.92 Å². The quantitative estimate of drug-likeness (QED) is 0.794. The molecule has 1 aromatic rings. The van der Waals surface area contributed by atoms with E-state index in [2.05, 4.69) is 10.3 Å². The van der Waals surface area contributed by atoms with Crippen molar-refractivity contribution in [3.05, 3.63) is 22.7 Å². The zero-order chi connectivity index (χ0) is 13.1. The van der Waals surface area contributed by atoms with Crippen molar-refractivity contribution in [3.8, 4) is 0 Å². The van der Waals surface area contributed by atoms with Crippen molar-refractivity contribution in [2.45, 2.75) is 44.7 Å². The van der Waals surface area contributed by atoms with E-state index in [1.54, 1.807) is 10.8 Å². The standard InChI is InChI=1S/C12H17N3O3/c1-2-3-9(12(17)18)14-10-11(16)15(7-6-13-10)8-4-5-8/h6-9H,2-5H2,1H3,(H,13,14)(H,17,18). The predicted molar refractivity (Wildman–Crippen MR) is 66.7 cm³/mol. The summed E-state index contributed by atoms with van der Waals surface area (Å²) in [5.74, 6) is -0.829. The van der Waals surface area contributed by atoms with E-state index in [0.717, 1.165) is 19.3 Å². The summed E-state index contributed by atoms with van der Waals surface area (Å²) in [5, 5.41) is 11.8. The molecule has 1 aliphatic rings. The van der Waals surface area contributed by atoms with E-state index in [4.69, 9.17) is 5.11 Å². The first-order valence-corrected chi connectivity index (χ1v) is 6.20. The van der Waals surface area contributed by atoms with Gasteiger partial charge in [-0.15, -0.1) is 0 Å². The summed E-state index contributed by atoms with van der Waals surface area (Å²) in [6, 6.07) is -0.499. The van der Waals surface area contributed by atoms with Crippen LogP contribution in [0.15, 0.2) is 17.2 Å². The molecule has 0 saturated heterocycles. The second kappa shape index (κ2) is 5.20. The van der Waals surface area contributed by atoms with Gasteiger partial charge in [0.15, 0.2) is 5.82 Å². The van der Waals surface area contributed by atoms with Gasteiger partial charge >= 0.3 is 5.97 Å². The lowest BCUT2D eigenvalue weighted by atomic mass is 10.2. The molecule has 0 amide bonds. The van der Waals surface area contributed by atoms with Crippen LogP contribution >= 0.6 is 0 Å². The van der Waals surface area contributed by atoms with Crippen molar-refractivity contribution in [2.24, 2.45) is 0 Å². The highest BCUT2D eigenvalue weighted by molar-refractivity contribution is 5.76. The molecule has 1 heterocycles. The van der Waals surface area contributed by atoms with E-state index in [9.17, 15) is 9.59 Å². The molecule has 1 saturated carbocycles. The van der Waals surface area contributed by atoms with Crippen LogP contribution in [-0.4, -0.2) is 26.7 Å². The minimum atomic E-state index is -0.958. The van der Waals surface area contributed by atoms with Crippen LogP contribution in [0.25, 0.3) is 0 Å². The molecule has 0 radical (unpaired) electrons. The van der Waals surface area contributed by atoms with Crippen molar-refractivity contribution >= 4 is 11.8 Å². The van der Waals surface area contributed by atoms with Crippen LogP contribution in [0.4, 0.5) is 5.82 Å². The molecule has 0 aromatic carbocycles. The Labute approximate surface area is 105 Å². The highest BCUT2D eigenvalue weighted by atomic mass is 16.4. The molecular weight excluding hydrogens is 234 g/mol. The highest BCUT2D eigenvalue weighted by Gasteiger charge is 2.26. The van der Waals surface area contributed by atoms with Gasteiger partial charge < -0.3 is 15.0 Å². The van der Waals surface area contributed by atoms with Crippen molar-refractivity contribution in [1.82, 2.24) is 9.55 Å². The number of rotatable bonds is 6.